The summed E-state index contributed by atoms with van der Waals surface area (Å²) in [7, 11) is 1.63. The number of carbonyl (C=O) groups excluding carboxylic acids is 1. The molecule has 0 bridgehead atoms. The van der Waals surface area contributed by atoms with E-state index in [-0.39, 0.29) is 11.9 Å². The third-order valence-electron chi connectivity index (χ3n) is 4.08. The molecule has 1 unspecified atom stereocenters. The molecule has 0 spiro atoms. The summed E-state index contributed by atoms with van der Waals surface area (Å²) in [5, 5.41) is 3.42. The highest BCUT2D eigenvalue weighted by molar-refractivity contribution is 5.94. The normalized spacial score (nSPS) is 18.6. The van der Waals surface area contributed by atoms with Crippen LogP contribution in [0.3, 0.4) is 0 Å². The Kier molecular flexibility index (Phi) is 5.62. The smallest absolute Gasteiger partial charge is 0.254 e. The van der Waals surface area contributed by atoms with Gasteiger partial charge in [-0.3, -0.25) is 4.79 Å². The lowest BCUT2D eigenvalue weighted by atomic mass is 9.98. The molecule has 0 aromatic heterocycles. The summed E-state index contributed by atoms with van der Waals surface area (Å²) in [5.41, 5.74) is 0.730. The summed E-state index contributed by atoms with van der Waals surface area (Å²) in [4.78, 5) is 14.7. The molecule has 1 aliphatic heterocycles. The molecule has 0 aliphatic carbocycles. The fourth-order valence-corrected chi connectivity index (χ4v) is 2.79. The second-order valence-corrected chi connectivity index (χ2v) is 5.99. The molecule has 4 heteroatoms. The molecule has 21 heavy (non-hydrogen) atoms. The van der Waals surface area contributed by atoms with Crippen LogP contribution in [0.2, 0.25) is 0 Å². The van der Waals surface area contributed by atoms with Crippen molar-refractivity contribution in [2.45, 2.75) is 32.7 Å². The van der Waals surface area contributed by atoms with E-state index in [1.165, 1.54) is 12.8 Å². The molecule has 1 N–H and O–H groups in total. The van der Waals surface area contributed by atoms with E-state index < -0.39 is 0 Å². The minimum absolute atomic E-state index is 0.109. The number of methoxy groups -OCH3 is 1. The molecule has 1 saturated heterocycles. The average Bonchev–Trinajstić information content (AvgIpc) is 2.53. The van der Waals surface area contributed by atoms with Crippen LogP contribution in [0.5, 0.6) is 5.75 Å². The molecule has 1 aliphatic rings. The van der Waals surface area contributed by atoms with Gasteiger partial charge < -0.3 is 15.0 Å². The Bertz CT molecular complexity index is 450. The van der Waals surface area contributed by atoms with E-state index in [1.54, 1.807) is 7.11 Å². The Morgan fingerprint density at radius 1 is 1.38 bits per heavy atom. The lowest BCUT2D eigenvalue weighted by Crippen LogP contribution is -2.44. The molecule has 2 rings (SSSR count). The first-order chi connectivity index (χ1) is 10.1. The lowest BCUT2D eigenvalue weighted by Gasteiger charge is -2.33. The van der Waals surface area contributed by atoms with Crippen molar-refractivity contribution in [3.63, 3.8) is 0 Å². The van der Waals surface area contributed by atoms with Gasteiger partial charge in [0.25, 0.3) is 5.91 Å². The Labute approximate surface area is 127 Å². The van der Waals surface area contributed by atoms with Crippen molar-refractivity contribution >= 4 is 5.91 Å². The van der Waals surface area contributed by atoms with E-state index in [9.17, 15) is 4.79 Å². The second kappa shape index (κ2) is 7.46. The van der Waals surface area contributed by atoms with Crippen molar-refractivity contribution < 1.29 is 9.53 Å². The van der Waals surface area contributed by atoms with Crippen LogP contribution in [0.15, 0.2) is 24.3 Å². The number of nitrogens with one attached hydrogen (secondary N) is 1. The Hall–Kier alpha value is -1.55. The Morgan fingerprint density at radius 2 is 2.10 bits per heavy atom. The standard InChI is InChI=1S/C17H26N2O2/c1-13(2)19(12-14-5-4-10-18-11-14)17(20)15-6-8-16(21-3)9-7-15/h6-9,13-14,18H,4-5,10-12H2,1-3H3. The first-order valence-corrected chi connectivity index (χ1v) is 7.77. The Balaban J connectivity index is 2.06. The molecule has 1 heterocycles. The molecule has 1 atom stereocenters. The molecule has 1 fully saturated rings. The fourth-order valence-electron chi connectivity index (χ4n) is 2.79. The van der Waals surface area contributed by atoms with Crippen LogP contribution in [0, 0.1) is 5.92 Å². The van der Waals surface area contributed by atoms with Crippen LogP contribution in [0.4, 0.5) is 0 Å². The zero-order valence-corrected chi connectivity index (χ0v) is 13.3. The van der Waals surface area contributed by atoms with Crippen molar-refractivity contribution in [1.82, 2.24) is 10.2 Å². The first-order valence-electron chi connectivity index (χ1n) is 7.77. The predicted octanol–water partition coefficient (Wildman–Crippen LogP) is 2.55. The SMILES string of the molecule is COc1ccc(C(=O)N(CC2CCCNC2)C(C)C)cc1. The monoisotopic (exact) mass is 290 g/mol. The lowest BCUT2D eigenvalue weighted by molar-refractivity contribution is 0.0661. The van der Waals surface area contributed by atoms with E-state index >= 15 is 0 Å². The summed E-state index contributed by atoms with van der Waals surface area (Å²) in [5.74, 6) is 1.45. The summed E-state index contributed by atoms with van der Waals surface area (Å²) in [6.45, 7) is 7.11. The van der Waals surface area contributed by atoms with Gasteiger partial charge in [-0.15, -0.1) is 0 Å². The predicted molar refractivity (Wildman–Crippen MR) is 84.8 cm³/mol. The van der Waals surface area contributed by atoms with Crippen LogP contribution < -0.4 is 10.1 Å². The summed E-state index contributed by atoms with van der Waals surface area (Å²) in [6, 6.07) is 7.58. The van der Waals surface area contributed by atoms with Gasteiger partial charge in [0, 0.05) is 18.2 Å². The third kappa shape index (κ3) is 4.21. The molecule has 1 amide bonds. The van der Waals surface area contributed by atoms with Gasteiger partial charge in [0.2, 0.25) is 0 Å². The zero-order valence-electron chi connectivity index (χ0n) is 13.3. The zero-order chi connectivity index (χ0) is 15.2. The third-order valence-corrected chi connectivity index (χ3v) is 4.08. The highest BCUT2D eigenvalue weighted by atomic mass is 16.5. The van der Waals surface area contributed by atoms with Crippen molar-refractivity contribution in [3.05, 3.63) is 29.8 Å². The van der Waals surface area contributed by atoms with Crippen LogP contribution >= 0.6 is 0 Å². The maximum atomic E-state index is 12.7. The van der Waals surface area contributed by atoms with Gasteiger partial charge in [0.15, 0.2) is 0 Å². The van der Waals surface area contributed by atoms with Crippen molar-refractivity contribution in [2.75, 3.05) is 26.7 Å². The summed E-state index contributed by atoms with van der Waals surface area (Å²) in [6.07, 6.45) is 2.40. The number of amides is 1. The van der Waals surface area contributed by atoms with Crippen molar-refractivity contribution in [1.29, 1.82) is 0 Å². The number of benzene rings is 1. The molecule has 0 saturated carbocycles. The highest BCUT2D eigenvalue weighted by Crippen LogP contribution is 2.18. The number of ether oxygens (including phenoxy) is 1. The van der Waals surface area contributed by atoms with E-state index in [0.717, 1.165) is 30.9 Å². The fraction of sp³-hybridized carbons (Fsp3) is 0.588. The largest absolute Gasteiger partial charge is 0.497 e. The van der Waals surface area contributed by atoms with Crippen LogP contribution in [0.25, 0.3) is 0 Å². The summed E-state index contributed by atoms with van der Waals surface area (Å²) < 4.78 is 5.15. The molecule has 116 valence electrons. The number of hydrogen-bond acceptors (Lipinski definition) is 3. The van der Waals surface area contributed by atoms with Gasteiger partial charge in [-0.1, -0.05) is 0 Å². The number of nitrogens with zero attached hydrogens (tertiary/aromatic N) is 1. The molecule has 1 aromatic carbocycles. The topological polar surface area (TPSA) is 41.6 Å². The average molecular weight is 290 g/mol. The van der Waals surface area contributed by atoms with Crippen molar-refractivity contribution in [2.24, 2.45) is 5.92 Å². The first kappa shape index (κ1) is 15.8. The van der Waals surface area contributed by atoms with Gasteiger partial charge >= 0.3 is 0 Å². The van der Waals surface area contributed by atoms with Gasteiger partial charge in [0.05, 0.1) is 7.11 Å². The highest BCUT2D eigenvalue weighted by Gasteiger charge is 2.23. The van der Waals surface area contributed by atoms with E-state index in [4.69, 9.17) is 4.74 Å². The van der Waals surface area contributed by atoms with Crippen LogP contribution in [-0.4, -0.2) is 43.6 Å². The molecular weight excluding hydrogens is 264 g/mol. The molecule has 0 radical (unpaired) electrons. The number of rotatable bonds is 5. The quantitative estimate of drug-likeness (QED) is 0.906. The van der Waals surface area contributed by atoms with Gasteiger partial charge in [-0.25, -0.2) is 0 Å². The van der Waals surface area contributed by atoms with E-state index in [2.05, 4.69) is 19.2 Å². The maximum absolute atomic E-state index is 12.7. The Morgan fingerprint density at radius 3 is 2.62 bits per heavy atom. The minimum Gasteiger partial charge on any atom is -0.497 e. The second-order valence-electron chi connectivity index (χ2n) is 5.99. The van der Waals surface area contributed by atoms with Crippen LogP contribution in [-0.2, 0) is 0 Å². The van der Waals surface area contributed by atoms with E-state index in [0.29, 0.717) is 5.92 Å². The molecular formula is C17H26N2O2. The maximum Gasteiger partial charge on any atom is 0.254 e. The van der Waals surface area contributed by atoms with E-state index in [1.807, 2.05) is 29.2 Å². The number of hydrogen-bond donors (Lipinski definition) is 1. The molecule has 1 aromatic rings. The molecule has 4 nitrogen and oxygen atoms in total. The van der Waals surface area contributed by atoms with Gasteiger partial charge in [-0.2, -0.15) is 0 Å². The summed E-state index contributed by atoms with van der Waals surface area (Å²) >= 11 is 0. The van der Waals surface area contributed by atoms with Crippen molar-refractivity contribution in [3.8, 4) is 5.75 Å². The van der Waals surface area contributed by atoms with Crippen LogP contribution in [0.1, 0.15) is 37.0 Å². The number of piperidine rings is 1. The van der Waals surface area contributed by atoms with Gasteiger partial charge in [-0.05, 0) is 70.0 Å². The van der Waals surface area contributed by atoms with Gasteiger partial charge in [0.1, 0.15) is 5.75 Å². The number of carbonyl (C=O) groups is 1. The minimum atomic E-state index is 0.109.